The summed E-state index contributed by atoms with van der Waals surface area (Å²) < 4.78 is 16.3. The summed E-state index contributed by atoms with van der Waals surface area (Å²) in [5, 5.41) is 13.5. The molecule has 0 saturated heterocycles. The first-order chi connectivity index (χ1) is 14.3. The van der Waals surface area contributed by atoms with E-state index in [2.05, 4.69) is 19.2 Å². The fraction of sp³-hybridized carbons (Fsp3) is 0.318. The number of carbonyl (C=O) groups is 1. The second-order valence-corrected chi connectivity index (χ2v) is 6.91. The Hall–Kier alpha value is -3.55. The summed E-state index contributed by atoms with van der Waals surface area (Å²) in [5.41, 5.74) is 0.810. The van der Waals surface area contributed by atoms with E-state index in [1.165, 1.54) is 31.4 Å². The first-order valence-corrected chi connectivity index (χ1v) is 9.46. The van der Waals surface area contributed by atoms with Gasteiger partial charge < -0.3 is 19.5 Å². The largest absolute Gasteiger partial charge is 0.495 e. The lowest BCUT2D eigenvalue weighted by molar-refractivity contribution is -0.384. The molecule has 0 atom stereocenters. The Morgan fingerprint density at radius 2 is 1.80 bits per heavy atom. The second kappa shape index (κ2) is 10.8. The minimum atomic E-state index is -0.540. The topological polar surface area (TPSA) is 99.9 Å². The SMILES string of the molecule is COc1ccc([N+](=O)[O-])cc1NC(=O)/C=C/c1ccc(OCCC(C)C)c(OC)c1. The maximum absolute atomic E-state index is 12.3. The maximum Gasteiger partial charge on any atom is 0.271 e. The van der Waals surface area contributed by atoms with Gasteiger partial charge in [-0.3, -0.25) is 14.9 Å². The Bertz CT molecular complexity index is 924. The zero-order valence-electron chi connectivity index (χ0n) is 17.5. The van der Waals surface area contributed by atoms with Crippen molar-refractivity contribution < 1.29 is 23.9 Å². The molecule has 0 radical (unpaired) electrons. The van der Waals surface area contributed by atoms with Crippen LogP contribution >= 0.6 is 0 Å². The Balaban J connectivity index is 2.09. The van der Waals surface area contributed by atoms with E-state index >= 15 is 0 Å². The van der Waals surface area contributed by atoms with E-state index in [0.29, 0.717) is 29.8 Å². The molecule has 0 unspecified atom stereocenters. The summed E-state index contributed by atoms with van der Waals surface area (Å²) in [4.78, 5) is 22.7. The van der Waals surface area contributed by atoms with Crippen LogP contribution in [0.15, 0.2) is 42.5 Å². The number of benzene rings is 2. The van der Waals surface area contributed by atoms with Crippen molar-refractivity contribution in [3.05, 3.63) is 58.2 Å². The molecule has 1 amide bonds. The normalized spacial score (nSPS) is 10.8. The number of nitrogens with zero attached hydrogens (tertiary/aromatic N) is 1. The lowest BCUT2D eigenvalue weighted by Crippen LogP contribution is -2.09. The van der Waals surface area contributed by atoms with Crippen LogP contribution in [0.3, 0.4) is 0 Å². The van der Waals surface area contributed by atoms with E-state index in [0.717, 1.165) is 12.0 Å². The Kier molecular flexibility index (Phi) is 8.22. The van der Waals surface area contributed by atoms with Crippen LogP contribution in [0.5, 0.6) is 17.2 Å². The van der Waals surface area contributed by atoms with Crippen LogP contribution in [0.1, 0.15) is 25.8 Å². The van der Waals surface area contributed by atoms with Gasteiger partial charge in [-0.1, -0.05) is 19.9 Å². The highest BCUT2D eigenvalue weighted by Crippen LogP contribution is 2.30. The van der Waals surface area contributed by atoms with Gasteiger partial charge in [0, 0.05) is 18.2 Å². The molecule has 0 aliphatic heterocycles. The van der Waals surface area contributed by atoms with Gasteiger partial charge in [0.05, 0.1) is 31.4 Å². The van der Waals surface area contributed by atoms with Gasteiger partial charge >= 0.3 is 0 Å². The van der Waals surface area contributed by atoms with Crippen LogP contribution < -0.4 is 19.5 Å². The minimum Gasteiger partial charge on any atom is -0.495 e. The second-order valence-electron chi connectivity index (χ2n) is 6.91. The van der Waals surface area contributed by atoms with Gasteiger partial charge in [0.25, 0.3) is 5.69 Å². The van der Waals surface area contributed by atoms with Crippen molar-refractivity contribution in [1.82, 2.24) is 0 Å². The number of methoxy groups -OCH3 is 2. The molecule has 30 heavy (non-hydrogen) atoms. The van der Waals surface area contributed by atoms with Crippen molar-refractivity contribution in [3.63, 3.8) is 0 Å². The fourth-order valence-electron chi connectivity index (χ4n) is 2.57. The molecule has 0 aliphatic carbocycles. The van der Waals surface area contributed by atoms with E-state index < -0.39 is 10.8 Å². The van der Waals surface area contributed by atoms with Crippen molar-refractivity contribution >= 4 is 23.4 Å². The van der Waals surface area contributed by atoms with Gasteiger partial charge in [-0.05, 0) is 42.2 Å². The van der Waals surface area contributed by atoms with Crippen LogP contribution in [-0.4, -0.2) is 31.7 Å². The summed E-state index contributed by atoms with van der Waals surface area (Å²) in [7, 11) is 2.98. The Morgan fingerprint density at radius 1 is 1.10 bits per heavy atom. The van der Waals surface area contributed by atoms with E-state index in [-0.39, 0.29) is 11.4 Å². The zero-order chi connectivity index (χ0) is 22.1. The minimum absolute atomic E-state index is 0.145. The van der Waals surface area contributed by atoms with E-state index in [4.69, 9.17) is 14.2 Å². The molecule has 0 fully saturated rings. The number of anilines is 1. The van der Waals surface area contributed by atoms with Crippen molar-refractivity contribution in [2.45, 2.75) is 20.3 Å². The van der Waals surface area contributed by atoms with Crippen LogP contribution in [0, 0.1) is 16.0 Å². The molecule has 0 spiro atoms. The number of nitro groups is 1. The molecule has 0 aliphatic rings. The van der Waals surface area contributed by atoms with Crippen LogP contribution in [0.25, 0.3) is 6.08 Å². The molecule has 0 bridgehead atoms. The Labute approximate surface area is 175 Å². The summed E-state index contributed by atoms with van der Waals surface area (Å²) in [6, 6.07) is 9.35. The van der Waals surface area contributed by atoms with Gasteiger partial charge in [-0.25, -0.2) is 0 Å². The predicted molar refractivity (Wildman–Crippen MR) is 115 cm³/mol. The first kappa shape index (κ1) is 22.7. The molecule has 0 saturated carbocycles. The monoisotopic (exact) mass is 414 g/mol. The van der Waals surface area contributed by atoms with Crippen molar-refractivity contribution in [2.75, 3.05) is 26.1 Å². The van der Waals surface area contributed by atoms with E-state index in [1.54, 1.807) is 25.3 Å². The molecular weight excluding hydrogens is 388 g/mol. The molecule has 2 rings (SSSR count). The third kappa shape index (κ3) is 6.51. The third-order valence-electron chi connectivity index (χ3n) is 4.22. The average Bonchev–Trinajstić information content (AvgIpc) is 2.72. The van der Waals surface area contributed by atoms with Crippen molar-refractivity contribution in [1.29, 1.82) is 0 Å². The van der Waals surface area contributed by atoms with Crippen LogP contribution in [-0.2, 0) is 4.79 Å². The van der Waals surface area contributed by atoms with Gasteiger partial charge in [-0.2, -0.15) is 0 Å². The standard InChI is InChI=1S/C22H26N2O6/c1-15(2)11-12-30-20-8-5-16(13-21(20)29-4)6-10-22(25)23-18-14-17(24(26)27)7-9-19(18)28-3/h5-10,13-15H,11-12H2,1-4H3,(H,23,25)/b10-6+. The molecule has 2 aromatic rings. The molecule has 1 N–H and O–H groups in total. The lowest BCUT2D eigenvalue weighted by atomic mass is 10.1. The number of amides is 1. The van der Waals surface area contributed by atoms with Gasteiger partial charge in [0.2, 0.25) is 5.91 Å². The number of nitro benzene ring substituents is 1. The van der Waals surface area contributed by atoms with E-state index in [1.807, 2.05) is 6.07 Å². The van der Waals surface area contributed by atoms with E-state index in [9.17, 15) is 14.9 Å². The van der Waals surface area contributed by atoms with Crippen molar-refractivity contribution in [3.8, 4) is 17.2 Å². The number of carbonyl (C=O) groups excluding carboxylic acids is 1. The number of rotatable bonds is 10. The highest BCUT2D eigenvalue weighted by molar-refractivity contribution is 6.03. The summed E-state index contributed by atoms with van der Waals surface area (Å²) >= 11 is 0. The molecule has 8 heteroatoms. The van der Waals surface area contributed by atoms with Crippen LogP contribution in [0.2, 0.25) is 0 Å². The summed E-state index contributed by atoms with van der Waals surface area (Å²) in [5.74, 6) is 1.63. The number of nitrogens with one attached hydrogen (secondary N) is 1. The van der Waals surface area contributed by atoms with Gasteiger partial charge in [0.15, 0.2) is 11.5 Å². The fourth-order valence-corrected chi connectivity index (χ4v) is 2.57. The van der Waals surface area contributed by atoms with Gasteiger partial charge in [0.1, 0.15) is 5.75 Å². The predicted octanol–water partition coefficient (Wildman–Crippen LogP) is 4.69. The molecular formula is C22H26N2O6. The van der Waals surface area contributed by atoms with Crippen molar-refractivity contribution in [2.24, 2.45) is 5.92 Å². The number of hydrogen-bond acceptors (Lipinski definition) is 6. The quantitative estimate of drug-likeness (QED) is 0.344. The first-order valence-electron chi connectivity index (χ1n) is 9.46. The molecule has 8 nitrogen and oxygen atoms in total. The molecule has 0 heterocycles. The third-order valence-corrected chi connectivity index (χ3v) is 4.22. The number of non-ortho nitro benzene ring substituents is 1. The summed E-state index contributed by atoms with van der Waals surface area (Å²) in [6.45, 7) is 4.85. The maximum atomic E-state index is 12.3. The zero-order valence-corrected chi connectivity index (χ0v) is 17.5. The lowest BCUT2D eigenvalue weighted by Gasteiger charge is -2.12. The molecule has 2 aromatic carbocycles. The highest BCUT2D eigenvalue weighted by atomic mass is 16.6. The molecule has 0 aromatic heterocycles. The number of ether oxygens (including phenoxy) is 3. The van der Waals surface area contributed by atoms with Gasteiger partial charge in [-0.15, -0.1) is 0 Å². The molecule has 160 valence electrons. The van der Waals surface area contributed by atoms with Crippen LogP contribution in [0.4, 0.5) is 11.4 Å². The average molecular weight is 414 g/mol. The highest BCUT2D eigenvalue weighted by Gasteiger charge is 2.13. The number of hydrogen-bond donors (Lipinski definition) is 1. The Morgan fingerprint density at radius 3 is 2.43 bits per heavy atom. The smallest absolute Gasteiger partial charge is 0.271 e. The summed E-state index contributed by atoms with van der Waals surface area (Å²) in [6.07, 6.45) is 3.87.